The lowest BCUT2D eigenvalue weighted by Crippen LogP contribution is -1.98. The monoisotopic (exact) mass is 192 g/mol. The Labute approximate surface area is 86.8 Å². The second-order valence-electron chi connectivity index (χ2n) is 4.55. The lowest BCUT2D eigenvalue weighted by Gasteiger charge is -2.14. The van der Waals surface area contributed by atoms with E-state index < -0.39 is 0 Å². The number of benzene rings is 1. The molecule has 0 aromatic heterocycles. The van der Waals surface area contributed by atoms with E-state index >= 15 is 0 Å². The van der Waals surface area contributed by atoms with Gasteiger partial charge in [0.05, 0.1) is 0 Å². The van der Waals surface area contributed by atoms with Gasteiger partial charge in [-0.3, -0.25) is 0 Å². The molecule has 0 radical (unpaired) electrons. The van der Waals surface area contributed by atoms with Crippen LogP contribution in [0.4, 0.5) is 0 Å². The second-order valence-corrected chi connectivity index (χ2v) is 4.55. The molecule has 0 bridgehead atoms. The third-order valence-corrected chi connectivity index (χ3v) is 2.83. The highest BCUT2D eigenvalue weighted by molar-refractivity contribution is 5.48. The van der Waals surface area contributed by atoms with Crippen LogP contribution in [0.15, 0.2) is 6.07 Å². The number of rotatable bonds is 2. The molecule has 1 rings (SSSR count). The van der Waals surface area contributed by atoms with Crippen LogP contribution in [0.5, 0.6) is 5.75 Å². The number of phenols is 1. The molecule has 0 atom stereocenters. The van der Waals surface area contributed by atoms with Crippen molar-refractivity contribution in [3.63, 3.8) is 0 Å². The van der Waals surface area contributed by atoms with Crippen molar-refractivity contribution in [2.75, 3.05) is 0 Å². The van der Waals surface area contributed by atoms with Gasteiger partial charge in [-0.1, -0.05) is 19.9 Å². The predicted molar refractivity (Wildman–Crippen MR) is 60.9 cm³/mol. The van der Waals surface area contributed by atoms with Crippen LogP contribution in [0.1, 0.15) is 36.1 Å². The summed E-state index contributed by atoms with van der Waals surface area (Å²) >= 11 is 0. The summed E-state index contributed by atoms with van der Waals surface area (Å²) in [6, 6.07) is 2.11. The fourth-order valence-electron chi connectivity index (χ4n) is 1.75. The molecule has 1 aromatic carbocycles. The molecule has 0 aliphatic carbocycles. The van der Waals surface area contributed by atoms with Crippen molar-refractivity contribution >= 4 is 0 Å². The Balaban J connectivity index is 3.19. The third-order valence-electron chi connectivity index (χ3n) is 2.83. The quantitative estimate of drug-likeness (QED) is 0.760. The van der Waals surface area contributed by atoms with E-state index in [1.165, 1.54) is 11.1 Å². The van der Waals surface area contributed by atoms with E-state index in [1.807, 2.05) is 6.92 Å². The van der Waals surface area contributed by atoms with Crippen molar-refractivity contribution in [3.8, 4) is 5.75 Å². The highest BCUT2D eigenvalue weighted by atomic mass is 16.3. The molecule has 0 fully saturated rings. The Kier molecular flexibility index (Phi) is 3.20. The van der Waals surface area contributed by atoms with Crippen molar-refractivity contribution in [1.82, 2.24) is 0 Å². The summed E-state index contributed by atoms with van der Waals surface area (Å²) in [6.45, 7) is 10.5. The molecule has 0 aliphatic rings. The second kappa shape index (κ2) is 4.04. The molecule has 1 heteroatoms. The zero-order chi connectivity index (χ0) is 10.9. The number of phenolic OH excluding ortho intramolecular Hbond substituents is 1. The van der Waals surface area contributed by atoms with Crippen LogP contribution in [0.3, 0.4) is 0 Å². The van der Waals surface area contributed by atoms with Gasteiger partial charge in [-0.05, 0) is 55.4 Å². The summed E-state index contributed by atoms with van der Waals surface area (Å²) in [5.74, 6) is 1.07. The first kappa shape index (κ1) is 11.1. The van der Waals surface area contributed by atoms with Gasteiger partial charge < -0.3 is 5.11 Å². The van der Waals surface area contributed by atoms with Crippen LogP contribution < -0.4 is 0 Å². The SMILES string of the molecule is Cc1cc(CC(C)C)c(O)c(C)c1C. The maximum absolute atomic E-state index is 9.95. The first-order valence-electron chi connectivity index (χ1n) is 5.22. The molecule has 78 valence electrons. The van der Waals surface area contributed by atoms with Gasteiger partial charge in [0, 0.05) is 0 Å². The fourth-order valence-corrected chi connectivity index (χ4v) is 1.75. The van der Waals surface area contributed by atoms with Gasteiger partial charge in [0.25, 0.3) is 0 Å². The van der Waals surface area contributed by atoms with Crippen LogP contribution in [-0.4, -0.2) is 5.11 Å². The Hall–Kier alpha value is -0.980. The van der Waals surface area contributed by atoms with E-state index in [0.29, 0.717) is 11.7 Å². The van der Waals surface area contributed by atoms with Gasteiger partial charge in [-0.15, -0.1) is 0 Å². The molecule has 0 saturated carbocycles. The number of hydrogen-bond acceptors (Lipinski definition) is 1. The van der Waals surface area contributed by atoms with Crippen molar-refractivity contribution in [2.45, 2.75) is 41.0 Å². The van der Waals surface area contributed by atoms with Gasteiger partial charge in [0.2, 0.25) is 0 Å². The fraction of sp³-hybridized carbons (Fsp3) is 0.538. The van der Waals surface area contributed by atoms with Crippen molar-refractivity contribution in [3.05, 3.63) is 28.3 Å². The van der Waals surface area contributed by atoms with Crippen LogP contribution in [0.25, 0.3) is 0 Å². The maximum Gasteiger partial charge on any atom is 0.121 e. The highest BCUT2D eigenvalue weighted by Crippen LogP contribution is 2.29. The Morgan fingerprint density at radius 1 is 1.14 bits per heavy atom. The van der Waals surface area contributed by atoms with E-state index in [9.17, 15) is 5.11 Å². The minimum Gasteiger partial charge on any atom is -0.507 e. The van der Waals surface area contributed by atoms with Gasteiger partial charge in [0.1, 0.15) is 5.75 Å². The van der Waals surface area contributed by atoms with Crippen molar-refractivity contribution in [2.24, 2.45) is 5.92 Å². The molecule has 1 nitrogen and oxygen atoms in total. The average molecular weight is 192 g/mol. The molecule has 0 saturated heterocycles. The zero-order valence-corrected chi connectivity index (χ0v) is 9.81. The summed E-state index contributed by atoms with van der Waals surface area (Å²) in [5.41, 5.74) is 4.59. The van der Waals surface area contributed by atoms with E-state index in [2.05, 4.69) is 33.8 Å². The first-order valence-corrected chi connectivity index (χ1v) is 5.22. The Bertz CT molecular complexity index is 338. The van der Waals surface area contributed by atoms with Crippen LogP contribution >= 0.6 is 0 Å². The average Bonchev–Trinajstić information content (AvgIpc) is 2.10. The molecular formula is C13H20O. The number of hydrogen-bond donors (Lipinski definition) is 1. The summed E-state index contributed by atoms with van der Waals surface area (Å²) < 4.78 is 0. The summed E-state index contributed by atoms with van der Waals surface area (Å²) in [5, 5.41) is 9.95. The maximum atomic E-state index is 9.95. The first-order chi connectivity index (χ1) is 6.43. The largest absolute Gasteiger partial charge is 0.507 e. The number of aryl methyl sites for hydroxylation is 1. The Morgan fingerprint density at radius 2 is 1.71 bits per heavy atom. The lowest BCUT2D eigenvalue weighted by atomic mass is 9.94. The normalized spacial score (nSPS) is 11.0. The zero-order valence-electron chi connectivity index (χ0n) is 9.81. The molecule has 0 aliphatic heterocycles. The molecule has 0 heterocycles. The summed E-state index contributed by atoms with van der Waals surface area (Å²) in [4.78, 5) is 0. The van der Waals surface area contributed by atoms with Gasteiger partial charge >= 0.3 is 0 Å². The standard InChI is InChI=1S/C13H20O/c1-8(2)6-12-7-9(3)10(4)11(5)13(12)14/h7-8,14H,6H2,1-5H3. The highest BCUT2D eigenvalue weighted by Gasteiger charge is 2.10. The molecular weight excluding hydrogens is 172 g/mol. The molecule has 1 aromatic rings. The van der Waals surface area contributed by atoms with Gasteiger partial charge in [-0.2, -0.15) is 0 Å². The smallest absolute Gasteiger partial charge is 0.121 e. The van der Waals surface area contributed by atoms with Gasteiger partial charge in [0.15, 0.2) is 0 Å². The molecule has 0 spiro atoms. The van der Waals surface area contributed by atoms with E-state index in [-0.39, 0.29) is 0 Å². The minimum absolute atomic E-state index is 0.488. The molecule has 0 unspecified atom stereocenters. The van der Waals surface area contributed by atoms with Crippen LogP contribution in [-0.2, 0) is 6.42 Å². The van der Waals surface area contributed by atoms with E-state index in [4.69, 9.17) is 0 Å². The predicted octanol–water partition coefficient (Wildman–Crippen LogP) is 3.52. The summed E-state index contributed by atoms with van der Waals surface area (Å²) in [7, 11) is 0. The van der Waals surface area contributed by atoms with Crippen LogP contribution in [0, 0.1) is 26.7 Å². The van der Waals surface area contributed by atoms with Crippen molar-refractivity contribution < 1.29 is 5.11 Å². The van der Waals surface area contributed by atoms with Gasteiger partial charge in [-0.25, -0.2) is 0 Å². The van der Waals surface area contributed by atoms with Crippen molar-refractivity contribution in [1.29, 1.82) is 0 Å². The topological polar surface area (TPSA) is 20.2 Å². The number of aromatic hydroxyl groups is 1. The summed E-state index contributed by atoms with van der Waals surface area (Å²) in [6.07, 6.45) is 0.952. The third kappa shape index (κ3) is 2.09. The molecule has 1 N–H and O–H groups in total. The van der Waals surface area contributed by atoms with Crippen LogP contribution in [0.2, 0.25) is 0 Å². The Morgan fingerprint density at radius 3 is 2.21 bits per heavy atom. The minimum atomic E-state index is 0.488. The lowest BCUT2D eigenvalue weighted by molar-refractivity contribution is 0.457. The van der Waals surface area contributed by atoms with E-state index in [1.54, 1.807) is 0 Å². The van der Waals surface area contributed by atoms with E-state index in [0.717, 1.165) is 17.5 Å². The molecule has 14 heavy (non-hydrogen) atoms. The molecule has 0 amide bonds.